The molecule has 0 rings (SSSR count). The van der Waals surface area contributed by atoms with Gasteiger partial charge in [0.1, 0.15) is 19.3 Å². The first kappa shape index (κ1) is 86.1. The predicted octanol–water partition coefficient (Wildman–Crippen LogP) is 19.7. The molecule has 17 nitrogen and oxygen atoms in total. The van der Waals surface area contributed by atoms with Crippen molar-refractivity contribution in [2.24, 2.45) is 5.92 Å². The van der Waals surface area contributed by atoms with Gasteiger partial charge in [-0.1, -0.05) is 304 Å². The topological polar surface area (TPSA) is 237 Å². The zero-order valence-corrected chi connectivity index (χ0v) is 58.6. The molecule has 0 radical (unpaired) electrons. The number of ether oxygens (including phenoxy) is 4. The summed E-state index contributed by atoms with van der Waals surface area (Å²) in [6, 6.07) is 0. The van der Waals surface area contributed by atoms with Crippen LogP contribution in [0.15, 0.2) is 0 Å². The van der Waals surface area contributed by atoms with Crippen molar-refractivity contribution >= 4 is 39.5 Å². The summed E-state index contributed by atoms with van der Waals surface area (Å²) < 4.78 is 68.2. The van der Waals surface area contributed by atoms with E-state index >= 15 is 0 Å². The lowest BCUT2D eigenvalue weighted by atomic mass is 9.99. The first-order valence-electron chi connectivity index (χ1n) is 36.2. The normalized spacial score (nSPS) is 14.4. The molecule has 0 aliphatic heterocycles. The van der Waals surface area contributed by atoms with Crippen LogP contribution in [0.3, 0.4) is 0 Å². The minimum absolute atomic E-state index is 0.107. The molecule has 0 heterocycles. The van der Waals surface area contributed by atoms with Crippen LogP contribution in [-0.2, 0) is 65.4 Å². The minimum atomic E-state index is -4.95. The van der Waals surface area contributed by atoms with Crippen LogP contribution < -0.4 is 0 Å². The third-order valence-electron chi connectivity index (χ3n) is 16.4. The molecule has 0 aromatic rings. The third kappa shape index (κ3) is 61.6. The molecule has 3 unspecified atom stereocenters. The van der Waals surface area contributed by atoms with E-state index in [0.29, 0.717) is 25.7 Å². The van der Waals surface area contributed by atoms with Gasteiger partial charge < -0.3 is 33.8 Å². The number of aliphatic hydroxyl groups excluding tert-OH is 1. The van der Waals surface area contributed by atoms with Crippen molar-refractivity contribution in [2.75, 3.05) is 39.6 Å². The Bertz CT molecular complexity index is 1710. The van der Waals surface area contributed by atoms with E-state index in [1.54, 1.807) is 0 Å². The SMILES string of the molecule is CCCCCCCCCCCCCCCCCC(=O)O[C@H](COC(=O)CCCCCCCCCCCCC(C)CC)COP(=O)(O)OC[C@@H](O)COP(=O)(O)OC[C@@H](COC(=O)CCCCCCCCCCC)OC(=O)CCCCCCCCCCCC. The zero-order chi connectivity index (χ0) is 64.9. The van der Waals surface area contributed by atoms with Gasteiger partial charge in [0.05, 0.1) is 26.4 Å². The van der Waals surface area contributed by atoms with E-state index < -0.39 is 97.5 Å². The number of unbranched alkanes of at least 4 members (excludes halogenated alkanes) is 40. The molecule has 0 saturated heterocycles. The summed E-state index contributed by atoms with van der Waals surface area (Å²) in [5, 5.41) is 10.6. The molecule has 522 valence electrons. The zero-order valence-electron chi connectivity index (χ0n) is 56.9. The van der Waals surface area contributed by atoms with Crippen molar-refractivity contribution in [3.63, 3.8) is 0 Å². The van der Waals surface area contributed by atoms with Crippen LogP contribution in [0, 0.1) is 5.92 Å². The third-order valence-corrected chi connectivity index (χ3v) is 18.3. The highest BCUT2D eigenvalue weighted by Crippen LogP contribution is 2.45. The van der Waals surface area contributed by atoms with E-state index in [2.05, 4.69) is 34.6 Å². The van der Waals surface area contributed by atoms with Crippen LogP contribution >= 0.6 is 15.6 Å². The molecule has 0 aromatic carbocycles. The standard InChI is InChI=1S/C69H134O17P2/c1-6-10-13-16-19-22-24-25-26-27-28-35-40-45-50-55-69(74)86-65(59-80-67(72)53-48-43-38-34-30-29-32-36-41-46-51-62(5)9-4)61-84-88(77,78)82-57-63(70)56-81-87(75,76)83-60-64(58-79-66(71)52-47-42-37-31-21-18-15-12-8-3)85-68(73)54-49-44-39-33-23-20-17-14-11-7-2/h62-65,70H,6-61H2,1-5H3,(H,75,76)(H,77,78)/t62?,63-,64+,65+/m0/s1. The Labute approximate surface area is 537 Å². The second kappa shape index (κ2) is 62.5. The summed E-state index contributed by atoms with van der Waals surface area (Å²) in [5.74, 6) is -1.31. The van der Waals surface area contributed by atoms with Crippen molar-refractivity contribution in [1.82, 2.24) is 0 Å². The number of phosphoric acid groups is 2. The van der Waals surface area contributed by atoms with Crippen LogP contribution in [0.4, 0.5) is 0 Å². The van der Waals surface area contributed by atoms with Gasteiger partial charge in [0.15, 0.2) is 12.2 Å². The minimum Gasteiger partial charge on any atom is -0.462 e. The molecule has 0 amide bonds. The van der Waals surface area contributed by atoms with Crippen LogP contribution in [0.1, 0.15) is 356 Å². The summed E-state index contributed by atoms with van der Waals surface area (Å²) in [6.07, 6.45) is 48.4. The van der Waals surface area contributed by atoms with Crippen LogP contribution in [-0.4, -0.2) is 96.7 Å². The number of phosphoric ester groups is 2. The molecule has 0 aliphatic rings. The quantitative estimate of drug-likeness (QED) is 0.0222. The van der Waals surface area contributed by atoms with Crippen LogP contribution in [0.5, 0.6) is 0 Å². The Morgan fingerprint density at radius 3 is 0.807 bits per heavy atom. The van der Waals surface area contributed by atoms with Crippen LogP contribution in [0.2, 0.25) is 0 Å². The fourth-order valence-corrected chi connectivity index (χ4v) is 12.0. The fourth-order valence-electron chi connectivity index (χ4n) is 10.4. The maximum atomic E-state index is 13.0. The van der Waals surface area contributed by atoms with Gasteiger partial charge in [-0.05, 0) is 31.6 Å². The molecule has 19 heteroatoms. The van der Waals surface area contributed by atoms with Crippen molar-refractivity contribution in [1.29, 1.82) is 0 Å². The predicted molar refractivity (Wildman–Crippen MR) is 354 cm³/mol. The smallest absolute Gasteiger partial charge is 0.462 e. The van der Waals surface area contributed by atoms with Gasteiger partial charge in [-0.2, -0.15) is 0 Å². The van der Waals surface area contributed by atoms with Crippen molar-refractivity contribution < 1.29 is 80.2 Å². The van der Waals surface area contributed by atoms with E-state index in [1.165, 1.54) is 180 Å². The Kier molecular flexibility index (Phi) is 61.1. The summed E-state index contributed by atoms with van der Waals surface area (Å²) in [4.78, 5) is 72.4. The molecule has 0 saturated carbocycles. The van der Waals surface area contributed by atoms with Gasteiger partial charge in [0, 0.05) is 25.7 Å². The first-order valence-corrected chi connectivity index (χ1v) is 39.2. The lowest BCUT2D eigenvalue weighted by Gasteiger charge is -2.21. The number of esters is 4. The maximum Gasteiger partial charge on any atom is 0.472 e. The second-order valence-electron chi connectivity index (χ2n) is 25.2. The number of carbonyl (C=O) groups excluding carboxylic acids is 4. The number of carbonyl (C=O) groups is 4. The molecule has 0 bridgehead atoms. The largest absolute Gasteiger partial charge is 0.472 e. The highest BCUT2D eigenvalue weighted by molar-refractivity contribution is 7.47. The average molecular weight is 1300 g/mol. The molecule has 0 aromatic heterocycles. The van der Waals surface area contributed by atoms with E-state index in [4.69, 9.17) is 37.0 Å². The molecule has 6 atom stereocenters. The number of hydrogen-bond acceptors (Lipinski definition) is 15. The number of aliphatic hydroxyl groups is 1. The molecule has 0 fully saturated rings. The van der Waals surface area contributed by atoms with Gasteiger partial charge in [-0.25, -0.2) is 9.13 Å². The Balaban J connectivity index is 5.23. The van der Waals surface area contributed by atoms with E-state index in [9.17, 15) is 43.2 Å². The average Bonchev–Trinajstić information content (AvgIpc) is 3.72. The summed E-state index contributed by atoms with van der Waals surface area (Å²) >= 11 is 0. The summed E-state index contributed by atoms with van der Waals surface area (Å²) in [7, 11) is -9.89. The van der Waals surface area contributed by atoms with E-state index in [1.807, 2.05) is 0 Å². The lowest BCUT2D eigenvalue weighted by molar-refractivity contribution is -0.161. The Morgan fingerprint density at radius 1 is 0.318 bits per heavy atom. The van der Waals surface area contributed by atoms with E-state index in [0.717, 1.165) is 95.8 Å². The van der Waals surface area contributed by atoms with E-state index in [-0.39, 0.29) is 25.7 Å². The van der Waals surface area contributed by atoms with Gasteiger partial charge >= 0.3 is 39.5 Å². The fraction of sp³-hybridized carbons (Fsp3) is 0.942. The first-order chi connectivity index (χ1) is 42.6. The maximum absolute atomic E-state index is 13.0. The molecular weight excluding hydrogens is 1160 g/mol. The molecule has 88 heavy (non-hydrogen) atoms. The summed E-state index contributed by atoms with van der Waals surface area (Å²) in [5.41, 5.74) is 0. The van der Waals surface area contributed by atoms with Gasteiger partial charge in [-0.3, -0.25) is 37.3 Å². The van der Waals surface area contributed by atoms with Gasteiger partial charge in [-0.15, -0.1) is 0 Å². The molecule has 3 N–H and O–H groups in total. The summed E-state index contributed by atoms with van der Waals surface area (Å²) in [6.45, 7) is 7.25. The number of hydrogen-bond donors (Lipinski definition) is 3. The Hall–Kier alpha value is -1.94. The highest BCUT2D eigenvalue weighted by atomic mass is 31.2. The molecular formula is C69H134O17P2. The highest BCUT2D eigenvalue weighted by Gasteiger charge is 2.30. The van der Waals surface area contributed by atoms with Crippen LogP contribution in [0.25, 0.3) is 0 Å². The van der Waals surface area contributed by atoms with Gasteiger partial charge in [0.2, 0.25) is 0 Å². The van der Waals surface area contributed by atoms with Crippen molar-refractivity contribution in [3.05, 3.63) is 0 Å². The lowest BCUT2D eigenvalue weighted by Crippen LogP contribution is -2.30. The Morgan fingerprint density at radius 2 is 0.545 bits per heavy atom. The monoisotopic (exact) mass is 1300 g/mol. The number of rotatable bonds is 69. The van der Waals surface area contributed by atoms with Crippen molar-refractivity contribution in [2.45, 2.75) is 374 Å². The molecule has 0 aliphatic carbocycles. The van der Waals surface area contributed by atoms with Gasteiger partial charge in [0.25, 0.3) is 0 Å². The second-order valence-corrected chi connectivity index (χ2v) is 28.1. The molecule has 0 spiro atoms. The van der Waals surface area contributed by atoms with Crippen molar-refractivity contribution in [3.8, 4) is 0 Å².